The van der Waals surface area contributed by atoms with Gasteiger partial charge in [0.25, 0.3) is 0 Å². The summed E-state index contributed by atoms with van der Waals surface area (Å²) in [6.07, 6.45) is 0. The predicted molar refractivity (Wildman–Crippen MR) is 243 cm³/mol. The van der Waals surface area contributed by atoms with E-state index >= 15 is 0 Å². The Bertz CT molecular complexity index is 3230. The minimum Gasteiger partial charge on any atom is -0.310 e. The molecule has 0 saturated carbocycles. The Morgan fingerprint density at radius 3 is 1.64 bits per heavy atom. The summed E-state index contributed by atoms with van der Waals surface area (Å²) in [6.45, 7) is 0. The summed E-state index contributed by atoms with van der Waals surface area (Å²) in [4.78, 5) is 2.42. The van der Waals surface area contributed by atoms with E-state index in [1.165, 1.54) is 85.9 Å². The van der Waals surface area contributed by atoms with Crippen molar-refractivity contribution in [2.75, 3.05) is 4.90 Å². The van der Waals surface area contributed by atoms with Gasteiger partial charge in [0.2, 0.25) is 0 Å². The smallest absolute Gasteiger partial charge is 0.0540 e. The Balaban J connectivity index is 1.09. The number of anilines is 3. The van der Waals surface area contributed by atoms with Crippen molar-refractivity contribution >= 4 is 80.9 Å². The molecule has 56 heavy (non-hydrogen) atoms. The molecule has 0 aliphatic carbocycles. The molecule has 11 aromatic rings. The molecule has 0 aliphatic rings. The van der Waals surface area contributed by atoms with Crippen LogP contribution in [0.2, 0.25) is 0 Å². The third kappa shape index (κ3) is 5.46. The molecule has 11 rings (SSSR count). The number of fused-ring (bicyclic) bond motifs is 6. The quantitative estimate of drug-likeness (QED) is 0.165. The van der Waals surface area contributed by atoms with Crippen LogP contribution < -0.4 is 4.90 Å². The van der Waals surface area contributed by atoms with Crippen molar-refractivity contribution in [1.29, 1.82) is 0 Å². The fourth-order valence-electron chi connectivity index (χ4n) is 8.58. The second-order valence-corrected chi connectivity index (χ2v) is 15.6. The Morgan fingerprint density at radius 1 is 0.304 bits per heavy atom. The zero-order valence-electron chi connectivity index (χ0n) is 30.6. The maximum Gasteiger partial charge on any atom is 0.0540 e. The molecule has 0 bridgehead atoms. The molecule has 0 spiro atoms. The normalized spacial score (nSPS) is 11.6. The topological polar surface area (TPSA) is 3.24 Å². The van der Waals surface area contributed by atoms with E-state index in [9.17, 15) is 0 Å². The lowest BCUT2D eigenvalue weighted by molar-refractivity contribution is 1.30. The van der Waals surface area contributed by atoms with Crippen molar-refractivity contribution in [3.63, 3.8) is 0 Å². The van der Waals surface area contributed by atoms with Crippen LogP contribution >= 0.6 is 11.3 Å². The molecular weight excluding hydrogens is 695 g/mol. The van der Waals surface area contributed by atoms with E-state index in [0.717, 1.165) is 17.1 Å². The van der Waals surface area contributed by atoms with Gasteiger partial charge in [0.15, 0.2) is 0 Å². The summed E-state index contributed by atoms with van der Waals surface area (Å²) in [6, 6.07) is 77.7. The van der Waals surface area contributed by atoms with Gasteiger partial charge < -0.3 is 4.90 Å². The van der Waals surface area contributed by atoms with Gasteiger partial charge in [-0.2, -0.15) is 0 Å². The van der Waals surface area contributed by atoms with Gasteiger partial charge in [-0.05, 0) is 109 Å². The number of thiophene rings is 1. The van der Waals surface area contributed by atoms with E-state index in [2.05, 4.69) is 217 Å². The SMILES string of the molecule is c1ccc(-c2ccc(N(c3ccc(-c4cccc5ccccc45)cc3)c3ccc(-c4cccc5sc6cc7ccccc7cc6c45)c4ccccc34)cc2)cc1. The fraction of sp³-hybridized carbons (Fsp3) is 0. The average molecular weight is 730 g/mol. The lowest BCUT2D eigenvalue weighted by Crippen LogP contribution is -2.10. The maximum absolute atomic E-state index is 2.42. The molecule has 0 saturated heterocycles. The van der Waals surface area contributed by atoms with Crippen LogP contribution in [0.3, 0.4) is 0 Å². The summed E-state index contributed by atoms with van der Waals surface area (Å²) in [5.41, 5.74) is 10.7. The van der Waals surface area contributed by atoms with Crippen LogP contribution in [0.15, 0.2) is 212 Å². The van der Waals surface area contributed by atoms with Gasteiger partial charge in [0, 0.05) is 36.9 Å². The highest BCUT2D eigenvalue weighted by atomic mass is 32.1. The zero-order chi connectivity index (χ0) is 37.0. The van der Waals surface area contributed by atoms with Crippen LogP contribution in [0, 0.1) is 0 Å². The Hall–Kier alpha value is -7.00. The summed E-state index contributed by atoms with van der Waals surface area (Å²) in [5.74, 6) is 0. The summed E-state index contributed by atoms with van der Waals surface area (Å²) in [7, 11) is 0. The monoisotopic (exact) mass is 729 g/mol. The van der Waals surface area contributed by atoms with E-state index in [4.69, 9.17) is 0 Å². The Kier molecular flexibility index (Phi) is 7.75. The van der Waals surface area contributed by atoms with Gasteiger partial charge in [-0.25, -0.2) is 0 Å². The van der Waals surface area contributed by atoms with Crippen LogP contribution in [-0.2, 0) is 0 Å². The third-order valence-corrected chi connectivity index (χ3v) is 12.4. The van der Waals surface area contributed by atoms with Crippen molar-refractivity contribution < 1.29 is 0 Å². The van der Waals surface area contributed by atoms with Crippen molar-refractivity contribution in [3.05, 3.63) is 212 Å². The molecule has 0 aliphatic heterocycles. The summed E-state index contributed by atoms with van der Waals surface area (Å²) in [5, 5.41) is 10.2. The van der Waals surface area contributed by atoms with Crippen LogP contribution in [0.25, 0.3) is 85.9 Å². The molecule has 0 atom stereocenters. The number of benzene rings is 10. The van der Waals surface area contributed by atoms with Crippen molar-refractivity contribution in [2.24, 2.45) is 0 Å². The fourth-order valence-corrected chi connectivity index (χ4v) is 9.74. The molecule has 10 aromatic carbocycles. The first-order chi connectivity index (χ1) is 27.8. The molecule has 0 amide bonds. The van der Waals surface area contributed by atoms with Crippen molar-refractivity contribution in [1.82, 2.24) is 0 Å². The lowest BCUT2D eigenvalue weighted by atomic mass is 9.93. The zero-order valence-corrected chi connectivity index (χ0v) is 31.4. The first kappa shape index (κ1) is 32.4. The average Bonchev–Trinajstić information content (AvgIpc) is 3.64. The molecular formula is C54H35NS. The second kappa shape index (κ2) is 13.4. The van der Waals surface area contributed by atoms with E-state index in [1.54, 1.807) is 0 Å². The molecule has 0 unspecified atom stereocenters. The van der Waals surface area contributed by atoms with E-state index < -0.39 is 0 Å². The van der Waals surface area contributed by atoms with Gasteiger partial charge in [-0.15, -0.1) is 11.3 Å². The van der Waals surface area contributed by atoms with Crippen molar-refractivity contribution in [2.45, 2.75) is 0 Å². The predicted octanol–water partition coefficient (Wildman–Crippen LogP) is 16.0. The Morgan fingerprint density at radius 2 is 0.875 bits per heavy atom. The molecule has 262 valence electrons. The molecule has 1 aromatic heterocycles. The second-order valence-electron chi connectivity index (χ2n) is 14.5. The first-order valence-corrected chi connectivity index (χ1v) is 20.0. The molecule has 0 N–H and O–H groups in total. The van der Waals surface area contributed by atoms with Crippen LogP contribution in [0.5, 0.6) is 0 Å². The molecule has 1 heterocycles. The van der Waals surface area contributed by atoms with Gasteiger partial charge >= 0.3 is 0 Å². The van der Waals surface area contributed by atoms with Gasteiger partial charge in [0.05, 0.1) is 5.69 Å². The highest BCUT2D eigenvalue weighted by Gasteiger charge is 2.20. The molecule has 1 nitrogen and oxygen atoms in total. The highest BCUT2D eigenvalue weighted by Crippen LogP contribution is 2.47. The maximum atomic E-state index is 2.42. The van der Waals surface area contributed by atoms with Gasteiger partial charge in [0.1, 0.15) is 0 Å². The largest absolute Gasteiger partial charge is 0.310 e. The van der Waals surface area contributed by atoms with Crippen LogP contribution in [0.1, 0.15) is 0 Å². The minimum absolute atomic E-state index is 1.11. The van der Waals surface area contributed by atoms with Crippen LogP contribution in [0.4, 0.5) is 17.1 Å². The molecule has 2 heteroatoms. The minimum atomic E-state index is 1.11. The summed E-state index contributed by atoms with van der Waals surface area (Å²) >= 11 is 1.88. The van der Waals surface area contributed by atoms with Gasteiger partial charge in [-0.3, -0.25) is 0 Å². The van der Waals surface area contributed by atoms with E-state index in [0.29, 0.717) is 0 Å². The number of nitrogens with zero attached hydrogens (tertiary/aromatic N) is 1. The van der Waals surface area contributed by atoms with Crippen LogP contribution in [-0.4, -0.2) is 0 Å². The molecule has 0 fully saturated rings. The summed E-state index contributed by atoms with van der Waals surface area (Å²) < 4.78 is 2.64. The standard InChI is InChI=1S/C54H35NS/c1-2-12-36(13-3-1)37-24-28-42(29-25-37)55(43-30-26-39(27-31-43)45-21-10-17-38-14-6-7-18-44(38)45)51-33-32-47(46-19-8-9-20-48(46)51)49-22-11-23-52-54(49)50-34-40-15-4-5-16-41(40)35-53(50)56-52/h1-35H. The number of hydrogen-bond acceptors (Lipinski definition) is 2. The lowest BCUT2D eigenvalue weighted by Gasteiger charge is -2.28. The van der Waals surface area contributed by atoms with Gasteiger partial charge in [-0.1, -0.05) is 164 Å². The number of hydrogen-bond donors (Lipinski definition) is 0. The van der Waals surface area contributed by atoms with E-state index in [1.807, 2.05) is 11.3 Å². The Labute approximate surface area is 330 Å². The van der Waals surface area contributed by atoms with E-state index in [-0.39, 0.29) is 0 Å². The van der Waals surface area contributed by atoms with Crippen molar-refractivity contribution in [3.8, 4) is 33.4 Å². The first-order valence-electron chi connectivity index (χ1n) is 19.2. The number of rotatable bonds is 6. The third-order valence-electron chi connectivity index (χ3n) is 11.3. The molecule has 0 radical (unpaired) electrons. The highest BCUT2D eigenvalue weighted by molar-refractivity contribution is 7.26.